The van der Waals surface area contributed by atoms with Gasteiger partial charge in [-0.2, -0.15) is 0 Å². The van der Waals surface area contributed by atoms with E-state index in [1.807, 2.05) is 0 Å². The number of benzene rings is 1. The molecule has 0 fully saturated rings. The molecular formula is C11H10N2O3S. The highest BCUT2D eigenvalue weighted by Crippen LogP contribution is 2.24. The van der Waals surface area contributed by atoms with Crippen LogP contribution in [0.2, 0.25) is 0 Å². The molecule has 88 valence electrons. The van der Waals surface area contributed by atoms with Crippen LogP contribution in [0.3, 0.4) is 0 Å². The van der Waals surface area contributed by atoms with Gasteiger partial charge in [-0.15, -0.1) is 10.2 Å². The second-order valence-electron chi connectivity index (χ2n) is 3.22. The van der Waals surface area contributed by atoms with Crippen LogP contribution in [0.25, 0.3) is 11.5 Å². The highest BCUT2D eigenvalue weighted by molar-refractivity contribution is 7.99. The Morgan fingerprint density at radius 3 is 2.76 bits per heavy atom. The Kier molecular flexibility index (Phi) is 3.77. The first-order chi connectivity index (χ1) is 8.29. The molecule has 2 rings (SSSR count). The van der Waals surface area contributed by atoms with E-state index in [0.29, 0.717) is 23.3 Å². The molecule has 1 aromatic heterocycles. The number of aldehydes is 1. The first-order valence-corrected chi connectivity index (χ1v) is 5.97. The van der Waals surface area contributed by atoms with Crippen molar-refractivity contribution in [3.05, 3.63) is 24.3 Å². The van der Waals surface area contributed by atoms with Crippen LogP contribution in [-0.4, -0.2) is 27.3 Å². The van der Waals surface area contributed by atoms with Gasteiger partial charge in [-0.3, -0.25) is 0 Å². The number of hydrogen-bond donors (Lipinski definition) is 1. The summed E-state index contributed by atoms with van der Waals surface area (Å²) in [5.74, 6) is 1.22. The van der Waals surface area contributed by atoms with Crippen LogP contribution in [0.5, 0.6) is 5.75 Å². The minimum absolute atomic E-state index is 0.189. The van der Waals surface area contributed by atoms with E-state index in [9.17, 15) is 4.79 Å². The molecule has 0 saturated heterocycles. The molecule has 2 aromatic rings. The zero-order chi connectivity index (χ0) is 12.1. The number of carbonyl (C=O) groups is 1. The summed E-state index contributed by atoms with van der Waals surface area (Å²) in [5.41, 5.74) is 0.748. The van der Waals surface area contributed by atoms with E-state index in [-0.39, 0.29) is 5.75 Å². The highest BCUT2D eigenvalue weighted by Gasteiger charge is 2.08. The van der Waals surface area contributed by atoms with Gasteiger partial charge in [-0.25, -0.2) is 0 Å². The van der Waals surface area contributed by atoms with Gasteiger partial charge in [0.15, 0.2) is 0 Å². The predicted octanol–water partition coefficient (Wildman–Crippen LogP) is 2.12. The minimum Gasteiger partial charge on any atom is -0.508 e. The largest absolute Gasteiger partial charge is 0.508 e. The quantitative estimate of drug-likeness (QED) is 0.497. The zero-order valence-corrected chi connectivity index (χ0v) is 9.68. The summed E-state index contributed by atoms with van der Waals surface area (Å²) in [5, 5.41) is 17.3. The number of phenolic OH excluding ortho intramolecular Hbond substituents is 1. The lowest BCUT2D eigenvalue weighted by atomic mass is 10.2. The molecule has 17 heavy (non-hydrogen) atoms. The molecular weight excluding hydrogens is 240 g/mol. The summed E-state index contributed by atoms with van der Waals surface area (Å²) in [6.07, 6.45) is 1.31. The van der Waals surface area contributed by atoms with E-state index < -0.39 is 0 Å². The normalized spacial score (nSPS) is 10.4. The van der Waals surface area contributed by atoms with Crippen LogP contribution >= 0.6 is 11.8 Å². The number of hydrogen-bond acceptors (Lipinski definition) is 6. The van der Waals surface area contributed by atoms with Gasteiger partial charge in [0.05, 0.1) is 0 Å². The Balaban J connectivity index is 2.07. The van der Waals surface area contributed by atoms with E-state index in [2.05, 4.69) is 10.2 Å². The van der Waals surface area contributed by atoms with Crippen LogP contribution in [-0.2, 0) is 4.79 Å². The fourth-order valence-electron chi connectivity index (χ4n) is 1.18. The Bertz CT molecular complexity index is 496. The lowest BCUT2D eigenvalue weighted by Crippen LogP contribution is -1.80. The third-order valence-corrected chi connectivity index (χ3v) is 2.83. The lowest BCUT2D eigenvalue weighted by Gasteiger charge is -1.94. The Labute approximate surface area is 102 Å². The smallest absolute Gasteiger partial charge is 0.276 e. The topological polar surface area (TPSA) is 76.2 Å². The van der Waals surface area contributed by atoms with Crippen LogP contribution in [0.15, 0.2) is 33.9 Å². The van der Waals surface area contributed by atoms with Crippen LogP contribution in [0.1, 0.15) is 6.42 Å². The number of aromatic nitrogens is 2. The SMILES string of the molecule is O=CCCSc1nnc(-c2ccc(O)cc2)o1. The Morgan fingerprint density at radius 2 is 2.06 bits per heavy atom. The van der Waals surface area contributed by atoms with E-state index in [0.717, 1.165) is 11.8 Å². The molecule has 1 heterocycles. The number of phenols is 1. The molecule has 0 aliphatic carbocycles. The number of carbonyl (C=O) groups excluding carboxylic acids is 1. The summed E-state index contributed by atoms with van der Waals surface area (Å²) in [7, 11) is 0. The molecule has 0 bridgehead atoms. The van der Waals surface area contributed by atoms with Crippen LogP contribution in [0, 0.1) is 0 Å². The summed E-state index contributed by atoms with van der Waals surface area (Å²) in [6.45, 7) is 0. The first-order valence-electron chi connectivity index (χ1n) is 4.99. The zero-order valence-electron chi connectivity index (χ0n) is 8.87. The molecule has 0 unspecified atom stereocenters. The molecule has 6 heteroatoms. The summed E-state index contributed by atoms with van der Waals surface area (Å²) in [6, 6.07) is 6.50. The molecule has 0 radical (unpaired) electrons. The van der Waals surface area contributed by atoms with E-state index in [4.69, 9.17) is 9.52 Å². The van der Waals surface area contributed by atoms with Crippen molar-refractivity contribution in [1.82, 2.24) is 10.2 Å². The summed E-state index contributed by atoms with van der Waals surface area (Å²) < 4.78 is 5.40. The fourth-order valence-corrected chi connectivity index (χ4v) is 1.81. The standard InChI is InChI=1S/C11H10N2O3S/c14-6-1-7-17-11-13-12-10(16-11)8-2-4-9(15)5-3-8/h2-6,15H,1,7H2. The second kappa shape index (κ2) is 5.49. The number of rotatable bonds is 5. The Hall–Kier alpha value is -1.82. The van der Waals surface area contributed by atoms with Crippen LogP contribution in [0.4, 0.5) is 0 Å². The molecule has 1 N–H and O–H groups in total. The molecule has 0 amide bonds. The first kappa shape index (κ1) is 11.7. The minimum atomic E-state index is 0.189. The molecule has 0 saturated carbocycles. The van der Waals surface area contributed by atoms with Crippen molar-refractivity contribution in [1.29, 1.82) is 0 Å². The molecule has 0 aliphatic rings. The van der Waals surface area contributed by atoms with E-state index in [1.165, 1.54) is 11.8 Å². The maximum absolute atomic E-state index is 10.2. The van der Waals surface area contributed by atoms with Crippen molar-refractivity contribution in [3.8, 4) is 17.2 Å². The second-order valence-corrected chi connectivity index (χ2v) is 4.27. The molecule has 0 aliphatic heterocycles. The van der Waals surface area contributed by atoms with Crippen LogP contribution < -0.4 is 0 Å². The lowest BCUT2D eigenvalue weighted by molar-refractivity contribution is -0.107. The number of thioether (sulfide) groups is 1. The average Bonchev–Trinajstić information content (AvgIpc) is 2.79. The van der Waals surface area contributed by atoms with Gasteiger partial charge in [0.2, 0.25) is 5.89 Å². The molecule has 0 spiro atoms. The maximum atomic E-state index is 10.2. The summed E-state index contributed by atoms with van der Waals surface area (Å²) in [4.78, 5) is 10.2. The van der Waals surface area contributed by atoms with Gasteiger partial charge in [-0.05, 0) is 24.3 Å². The molecule has 0 atom stereocenters. The summed E-state index contributed by atoms with van der Waals surface area (Å²) >= 11 is 1.34. The van der Waals surface area contributed by atoms with Gasteiger partial charge in [0.1, 0.15) is 12.0 Å². The van der Waals surface area contributed by atoms with Crippen molar-refractivity contribution in [2.45, 2.75) is 11.6 Å². The molecule has 1 aromatic carbocycles. The van der Waals surface area contributed by atoms with E-state index in [1.54, 1.807) is 24.3 Å². The maximum Gasteiger partial charge on any atom is 0.276 e. The number of aromatic hydroxyl groups is 1. The molecule has 5 nitrogen and oxygen atoms in total. The third-order valence-electron chi connectivity index (χ3n) is 1.98. The van der Waals surface area contributed by atoms with Gasteiger partial charge in [0, 0.05) is 17.7 Å². The van der Waals surface area contributed by atoms with Crippen molar-refractivity contribution >= 4 is 18.0 Å². The number of nitrogens with zero attached hydrogens (tertiary/aromatic N) is 2. The third kappa shape index (κ3) is 3.07. The van der Waals surface area contributed by atoms with Crippen molar-refractivity contribution in [2.75, 3.05) is 5.75 Å². The fraction of sp³-hybridized carbons (Fsp3) is 0.182. The average molecular weight is 250 g/mol. The van der Waals surface area contributed by atoms with Crippen molar-refractivity contribution in [2.24, 2.45) is 0 Å². The Morgan fingerprint density at radius 1 is 1.29 bits per heavy atom. The van der Waals surface area contributed by atoms with Crippen molar-refractivity contribution in [3.63, 3.8) is 0 Å². The van der Waals surface area contributed by atoms with Gasteiger partial charge < -0.3 is 14.3 Å². The van der Waals surface area contributed by atoms with Gasteiger partial charge in [-0.1, -0.05) is 11.8 Å². The van der Waals surface area contributed by atoms with Gasteiger partial charge >= 0.3 is 0 Å². The van der Waals surface area contributed by atoms with E-state index >= 15 is 0 Å². The van der Waals surface area contributed by atoms with Crippen molar-refractivity contribution < 1.29 is 14.3 Å². The monoisotopic (exact) mass is 250 g/mol. The van der Waals surface area contributed by atoms with Gasteiger partial charge in [0.25, 0.3) is 5.22 Å². The highest BCUT2D eigenvalue weighted by atomic mass is 32.2. The predicted molar refractivity (Wildman–Crippen MR) is 62.8 cm³/mol.